The number of likely N-dealkylation sites (N-methyl/N-ethyl adjacent to an activating group) is 1. The highest BCUT2D eigenvalue weighted by Gasteiger charge is 2.44. The van der Waals surface area contributed by atoms with Crippen molar-refractivity contribution in [1.82, 2.24) is 15.1 Å². The number of thiocarbonyl (C=S) groups is 1. The molecule has 1 aliphatic heterocycles. The van der Waals surface area contributed by atoms with E-state index in [0.717, 1.165) is 12.1 Å². The van der Waals surface area contributed by atoms with E-state index >= 15 is 0 Å². The Morgan fingerprint density at radius 1 is 1.23 bits per heavy atom. The first-order valence-electron chi connectivity index (χ1n) is 11.9. The molecule has 1 aromatic heterocycles. The molecule has 3 aromatic rings. The van der Waals surface area contributed by atoms with Gasteiger partial charge in [-0.2, -0.15) is 0 Å². The molecule has 15 heteroatoms. The van der Waals surface area contributed by atoms with Crippen molar-refractivity contribution in [3.8, 4) is 5.75 Å². The Labute approximate surface area is 231 Å². The maximum Gasteiger partial charge on any atom is 0.573 e. The number of alkyl halides is 3. The third-order valence-corrected chi connectivity index (χ3v) is 6.36. The van der Waals surface area contributed by atoms with Crippen LogP contribution in [0.15, 0.2) is 64.1 Å². The first-order chi connectivity index (χ1) is 19.0. The molecule has 0 bridgehead atoms. The molecule has 1 atom stereocenters. The highest BCUT2D eigenvalue weighted by molar-refractivity contribution is 7.80. The molecule has 1 fully saturated rings. The van der Waals surface area contributed by atoms with Crippen LogP contribution >= 0.6 is 12.2 Å². The average molecular weight is 577 g/mol. The van der Waals surface area contributed by atoms with Gasteiger partial charge in [-0.3, -0.25) is 19.0 Å². The fraction of sp³-hybridized carbons (Fsp3) is 0.280. The standard InChI is InChI=1S/C25H23F3N6O5S/c1-3-33-23(37)18(13-20(35)29-16-9-11-17(12-10-16)38-25(26,27)28)34(24(33)40)14-19-22(39-31-32(19)2)30-21(36)15-7-5-4-6-8-15/h4-12,18H,3,13-14H2,1-2H3,(H-,29,30,31,35,36). The van der Waals surface area contributed by atoms with E-state index < -0.39 is 35.9 Å². The number of nitrogens with zero attached hydrogens (tertiary/aromatic N) is 5. The summed E-state index contributed by atoms with van der Waals surface area (Å²) in [4.78, 5) is 32.9. The van der Waals surface area contributed by atoms with Crippen LogP contribution in [-0.4, -0.2) is 56.8 Å². The van der Waals surface area contributed by atoms with Gasteiger partial charge in [0.1, 0.15) is 18.3 Å². The summed E-state index contributed by atoms with van der Waals surface area (Å²) < 4.78 is 47.6. The molecule has 0 radical (unpaired) electrons. The van der Waals surface area contributed by atoms with Gasteiger partial charge in [0, 0.05) is 12.2 Å². The number of rotatable bonds is 9. The summed E-state index contributed by atoms with van der Waals surface area (Å²) >= 11 is 5.52. The zero-order valence-corrected chi connectivity index (χ0v) is 22.0. The van der Waals surface area contributed by atoms with Gasteiger partial charge < -0.3 is 20.1 Å². The predicted octanol–water partition coefficient (Wildman–Crippen LogP) is 2.18. The summed E-state index contributed by atoms with van der Waals surface area (Å²) in [5, 5.41) is 19.2. The Hall–Kier alpha value is -4.53. The summed E-state index contributed by atoms with van der Waals surface area (Å²) in [7, 11) is 1.57. The molecule has 0 spiro atoms. The van der Waals surface area contributed by atoms with Crippen molar-refractivity contribution in [3.05, 3.63) is 65.9 Å². The minimum atomic E-state index is -4.84. The summed E-state index contributed by atoms with van der Waals surface area (Å²) in [6.07, 6.45) is -5.16. The number of ether oxygens (including phenoxy) is 1. The second-order valence-electron chi connectivity index (χ2n) is 8.56. The quantitative estimate of drug-likeness (QED) is 0.178. The van der Waals surface area contributed by atoms with Crippen molar-refractivity contribution in [2.75, 3.05) is 11.9 Å². The number of benzene rings is 2. The van der Waals surface area contributed by atoms with E-state index in [2.05, 4.69) is 20.3 Å². The number of aliphatic imine (C=N–C) groups is 1. The zero-order valence-electron chi connectivity index (χ0n) is 21.2. The van der Waals surface area contributed by atoms with Crippen LogP contribution in [-0.2, 0) is 23.2 Å². The second-order valence-corrected chi connectivity index (χ2v) is 8.93. The minimum absolute atomic E-state index is 0.0522. The van der Waals surface area contributed by atoms with Gasteiger partial charge in [0.15, 0.2) is 12.2 Å². The number of aryl methyl sites for hydroxylation is 1. The Kier molecular flexibility index (Phi) is 8.32. The van der Waals surface area contributed by atoms with Gasteiger partial charge >= 0.3 is 12.2 Å². The molecule has 1 unspecified atom stereocenters. The Morgan fingerprint density at radius 3 is 2.52 bits per heavy atom. The van der Waals surface area contributed by atoms with Crippen LogP contribution in [0.25, 0.3) is 0 Å². The van der Waals surface area contributed by atoms with Crippen molar-refractivity contribution < 1.29 is 41.8 Å². The molecule has 0 aliphatic carbocycles. The Balaban J connectivity index is 1.52. The molecular formula is C25H23F3N6O5S. The van der Waals surface area contributed by atoms with E-state index in [9.17, 15) is 27.9 Å². The lowest BCUT2D eigenvalue weighted by Gasteiger charge is -2.21. The SMILES string of the molecule is CCN1C(=O)C(CC(=O)Nc2ccc(OC(F)(F)F)cc2)N(Cc2c(/N=C(\[O-])c3ccccc3)on[n+]2C)C1=S. The molecule has 1 saturated heterocycles. The van der Waals surface area contributed by atoms with E-state index in [1.165, 1.54) is 26.6 Å². The number of nitrogens with one attached hydrogen (secondary N) is 1. The summed E-state index contributed by atoms with van der Waals surface area (Å²) in [5.41, 5.74) is 0.879. The number of anilines is 1. The Morgan fingerprint density at radius 2 is 1.90 bits per heavy atom. The average Bonchev–Trinajstić information content (AvgIpc) is 3.35. The van der Waals surface area contributed by atoms with Crippen LogP contribution in [0.5, 0.6) is 5.75 Å². The van der Waals surface area contributed by atoms with E-state index in [1.807, 2.05) is 0 Å². The van der Waals surface area contributed by atoms with E-state index in [4.69, 9.17) is 16.7 Å². The van der Waals surface area contributed by atoms with E-state index in [-0.39, 0.29) is 36.2 Å². The van der Waals surface area contributed by atoms with Crippen molar-refractivity contribution in [3.63, 3.8) is 0 Å². The van der Waals surface area contributed by atoms with Gasteiger partial charge in [-0.05, 0) is 59.6 Å². The molecule has 0 saturated carbocycles. The van der Waals surface area contributed by atoms with Crippen LogP contribution < -0.4 is 19.8 Å². The van der Waals surface area contributed by atoms with Crippen molar-refractivity contribution in [2.45, 2.75) is 32.3 Å². The van der Waals surface area contributed by atoms with Gasteiger partial charge in [0.05, 0.1) is 6.42 Å². The van der Waals surface area contributed by atoms with Crippen molar-refractivity contribution in [2.24, 2.45) is 12.0 Å². The molecule has 2 amide bonds. The van der Waals surface area contributed by atoms with Gasteiger partial charge in [-0.1, -0.05) is 30.3 Å². The minimum Gasteiger partial charge on any atom is -0.858 e. The van der Waals surface area contributed by atoms with Crippen molar-refractivity contribution in [1.29, 1.82) is 0 Å². The number of halogens is 3. The van der Waals surface area contributed by atoms with Gasteiger partial charge in [-0.15, -0.1) is 13.2 Å². The van der Waals surface area contributed by atoms with Crippen LogP contribution in [0.1, 0.15) is 24.6 Å². The normalized spacial score (nSPS) is 16.0. The number of hydrogen-bond donors (Lipinski definition) is 1. The fourth-order valence-electron chi connectivity index (χ4n) is 3.98. The number of amides is 2. The molecule has 210 valence electrons. The zero-order chi connectivity index (χ0) is 29.0. The first kappa shape index (κ1) is 28.5. The first-order valence-corrected chi connectivity index (χ1v) is 12.3. The third kappa shape index (κ3) is 6.54. The molecular weight excluding hydrogens is 553 g/mol. The van der Waals surface area contributed by atoms with Gasteiger partial charge in [0.25, 0.3) is 11.6 Å². The monoisotopic (exact) mass is 576 g/mol. The topological polar surface area (TPSA) is 127 Å². The van der Waals surface area contributed by atoms with Crippen LogP contribution in [0.2, 0.25) is 0 Å². The smallest absolute Gasteiger partial charge is 0.573 e. The van der Waals surface area contributed by atoms with Crippen molar-refractivity contribution >= 4 is 46.6 Å². The molecule has 11 nitrogen and oxygen atoms in total. The third-order valence-electron chi connectivity index (χ3n) is 5.90. The summed E-state index contributed by atoms with van der Waals surface area (Å²) in [6, 6.07) is 11.9. The lowest BCUT2D eigenvalue weighted by Crippen LogP contribution is -2.42. The van der Waals surface area contributed by atoms with E-state index in [1.54, 1.807) is 44.3 Å². The van der Waals surface area contributed by atoms with Gasteiger partial charge in [0.2, 0.25) is 11.2 Å². The highest BCUT2D eigenvalue weighted by Crippen LogP contribution is 2.27. The van der Waals surface area contributed by atoms with Crippen LogP contribution in [0.4, 0.5) is 24.7 Å². The number of hydrogen-bond acceptors (Lipinski definition) is 8. The molecule has 40 heavy (non-hydrogen) atoms. The molecule has 2 aromatic carbocycles. The molecule has 4 rings (SSSR count). The highest BCUT2D eigenvalue weighted by atomic mass is 32.1. The molecule has 1 aliphatic rings. The summed E-state index contributed by atoms with van der Waals surface area (Å²) in [5.74, 6) is -2.07. The number of carbonyl (C=O) groups is 2. The maximum atomic E-state index is 13.2. The molecule has 2 heterocycles. The number of aromatic nitrogens is 2. The predicted molar refractivity (Wildman–Crippen MR) is 136 cm³/mol. The van der Waals surface area contributed by atoms with Crippen LogP contribution in [0, 0.1) is 0 Å². The largest absolute Gasteiger partial charge is 0.858 e. The maximum absolute atomic E-state index is 13.2. The molecule has 1 N–H and O–H groups in total. The second kappa shape index (κ2) is 11.7. The van der Waals surface area contributed by atoms with Crippen LogP contribution in [0.3, 0.4) is 0 Å². The van der Waals surface area contributed by atoms with E-state index in [0.29, 0.717) is 11.3 Å². The lowest BCUT2D eigenvalue weighted by molar-refractivity contribution is -0.746. The van der Waals surface area contributed by atoms with Gasteiger partial charge in [-0.25, -0.2) is 4.99 Å². The lowest BCUT2D eigenvalue weighted by atomic mass is 10.1. The Bertz CT molecular complexity index is 1430. The fourth-order valence-corrected chi connectivity index (χ4v) is 4.39. The summed E-state index contributed by atoms with van der Waals surface area (Å²) in [6.45, 7) is 1.93. The number of carbonyl (C=O) groups excluding carboxylic acids is 2.